The highest BCUT2D eigenvalue weighted by Gasteiger charge is 2.29. The number of hydrogen-bond acceptors (Lipinski definition) is 5. The first kappa shape index (κ1) is 14.7. The molecule has 1 atom stereocenters. The lowest BCUT2D eigenvalue weighted by Gasteiger charge is -2.26. The topological polar surface area (TPSA) is 44.3 Å². The molecule has 0 bridgehead atoms. The van der Waals surface area contributed by atoms with Gasteiger partial charge in [-0.1, -0.05) is 6.92 Å². The van der Waals surface area contributed by atoms with Crippen molar-refractivity contribution < 1.29 is 0 Å². The third kappa shape index (κ3) is 3.35. The second kappa shape index (κ2) is 6.71. The first-order valence-electron chi connectivity index (χ1n) is 8.30. The standard InChI is InChI=1S/C16H27N5/c1-3-17-10-14-11-18-16(19-13(14)2)21-9-5-8-20-7-4-6-15(20)12-21/h11,15,17H,3-10,12H2,1-2H3. The predicted octanol–water partition coefficient (Wildman–Crippen LogP) is 1.57. The predicted molar refractivity (Wildman–Crippen MR) is 85.6 cm³/mol. The summed E-state index contributed by atoms with van der Waals surface area (Å²) < 4.78 is 0. The van der Waals surface area contributed by atoms with Crippen molar-refractivity contribution in [3.8, 4) is 0 Å². The number of hydrogen-bond donors (Lipinski definition) is 1. The minimum absolute atomic E-state index is 0.706. The molecule has 21 heavy (non-hydrogen) atoms. The van der Waals surface area contributed by atoms with Crippen LogP contribution in [0.5, 0.6) is 0 Å². The van der Waals surface area contributed by atoms with Gasteiger partial charge >= 0.3 is 0 Å². The summed E-state index contributed by atoms with van der Waals surface area (Å²) in [5.74, 6) is 0.918. The molecule has 0 radical (unpaired) electrons. The van der Waals surface area contributed by atoms with Gasteiger partial charge in [-0.2, -0.15) is 0 Å². The molecular formula is C16H27N5. The van der Waals surface area contributed by atoms with E-state index >= 15 is 0 Å². The Hall–Kier alpha value is -1.20. The van der Waals surface area contributed by atoms with E-state index in [4.69, 9.17) is 4.98 Å². The first-order valence-corrected chi connectivity index (χ1v) is 8.30. The Bertz CT molecular complexity index is 476. The molecule has 0 saturated carbocycles. The van der Waals surface area contributed by atoms with Gasteiger partial charge in [-0.15, -0.1) is 0 Å². The van der Waals surface area contributed by atoms with Gasteiger partial charge in [0.05, 0.1) is 0 Å². The summed E-state index contributed by atoms with van der Waals surface area (Å²) in [5, 5.41) is 3.34. The summed E-state index contributed by atoms with van der Waals surface area (Å²) in [6.07, 6.45) is 5.89. The van der Waals surface area contributed by atoms with Gasteiger partial charge in [0, 0.05) is 49.7 Å². The Labute approximate surface area is 127 Å². The summed E-state index contributed by atoms with van der Waals surface area (Å²) in [6, 6.07) is 0.706. The molecule has 3 rings (SSSR count). The van der Waals surface area contributed by atoms with Gasteiger partial charge in [0.15, 0.2) is 0 Å². The SMILES string of the molecule is CCNCc1cnc(N2CCCN3CCCC3C2)nc1C. The van der Waals surface area contributed by atoms with Crippen molar-refractivity contribution in [3.63, 3.8) is 0 Å². The van der Waals surface area contributed by atoms with Crippen molar-refractivity contribution in [2.45, 2.75) is 45.7 Å². The Morgan fingerprint density at radius 3 is 2.95 bits per heavy atom. The summed E-state index contributed by atoms with van der Waals surface area (Å²) in [4.78, 5) is 14.4. The Morgan fingerprint density at radius 2 is 2.14 bits per heavy atom. The molecule has 0 amide bonds. The largest absolute Gasteiger partial charge is 0.339 e. The van der Waals surface area contributed by atoms with Gasteiger partial charge in [-0.3, -0.25) is 4.90 Å². The molecule has 1 N–H and O–H groups in total. The van der Waals surface area contributed by atoms with Gasteiger partial charge in [-0.25, -0.2) is 9.97 Å². The van der Waals surface area contributed by atoms with Gasteiger partial charge in [-0.05, 0) is 39.3 Å². The fourth-order valence-corrected chi connectivity index (χ4v) is 3.45. The van der Waals surface area contributed by atoms with E-state index in [1.165, 1.54) is 37.9 Å². The number of nitrogens with one attached hydrogen (secondary N) is 1. The van der Waals surface area contributed by atoms with Gasteiger partial charge in [0.2, 0.25) is 5.95 Å². The molecule has 2 aliphatic rings. The van der Waals surface area contributed by atoms with Crippen LogP contribution in [0.3, 0.4) is 0 Å². The van der Waals surface area contributed by atoms with Crippen molar-refractivity contribution in [1.29, 1.82) is 0 Å². The molecule has 2 saturated heterocycles. The van der Waals surface area contributed by atoms with Crippen LogP contribution in [0.2, 0.25) is 0 Å². The van der Waals surface area contributed by atoms with Crippen LogP contribution in [0.1, 0.15) is 37.4 Å². The molecule has 5 heteroatoms. The lowest BCUT2D eigenvalue weighted by molar-refractivity contribution is 0.273. The molecule has 2 aliphatic heterocycles. The van der Waals surface area contributed by atoms with E-state index in [1.54, 1.807) is 0 Å². The average molecular weight is 289 g/mol. The second-order valence-electron chi connectivity index (χ2n) is 6.19. The molecule has 0 aromatic carbocycles. The Balaban J connectivity index is 1.72. The van der Waals surface area contributed by atoms with Crippen LogP contribution in [0.25, 0.3) is 0 Å². The molecule has 0 spiro atoms. The number of fused-ring (bicyclic) bond motifs is 1. The quantitative estimate of drug-likeness (QED) is 0.911. The maximum atomic E-state index is 4.76. The van der Waals surface area contributed by atoms with Crippen LogP contribution in [0, 0.1) is 6.92 Å². The second-order valence-corrected chi connectivity index (χ2v) is 6.19. The number of nitrogens with zero attached hydrogens (tertiary/aromatic N) is 4. The van der Waals surface area contributed by atoms with Gasteiger partial charge in [0.1, 0.15) is 0 Å². The lowest BCUT2D eigenvalue weighted by Crippen LogP contribution is -2.37. The minimum atomic E-state index is 0.706. The summed E-state index contributed by atoms with van der Waals surface area (Å²) in [7, 11) is 0. The first-order chi connectivity index (χ1) is 10.3. The number of anilines is 1. The van der Waals surface area contributed by atoms with Crippen LogP contribution in [0.4, 0.5) is 5.95 Å². The van der Waals surface area contributed by atoms with Crippen molar-refractivity contribution in [3.05, 3.63) is 17.5 Å². The Morgan fingerprint density at radius 1 is 1.29 bits per heavy atom. The highest BCUT2D eigenvalue weighted by Crippen LogP contribution is 2.23. The molecule has 1 aromatic heterocycles. The lowest BCUT2D eigenvalue weighted by atomic mass is 10.2. The van der Waals surface area contributed by atoms with Crippen molar-refractivity contribution >= 4 is 5.95 Å². The highest BCUT2D eigenvalue weighted by molar-refractivity contribution is 5.33. The maximum Gasteiger partial charge on any atom is 0.225 e. The summed E-state index contributed by atoms with van der Waals surface area (Å²) in [6.45, 7) is 10.7. The number of aromatic nitrogens is 2. The van der Waals surface area contributed by atoms with Crippen LogP contribution in [-0.2, 0) is 6.54 Å². The van der Waals surface area contributed by atoms with E-state index in [-0.39, 0.29) is 0 Å². The molecule has 0 aliphatic carbocycles. The minimum Gasteiger partial charge on any atom is -0.339 e. The van der Waals surface area contributed by atoms with E-state index in [0.29, 0.717) is 6.04 Å². The average Bonchev–Trinajstić information content (AvgIpc) is 2.83. The molecule has 5 nitrogen and oxygen atoms in total. The van der Waals surface area contributed by atoms with Gasteiger partial charge < -0.3 is 10.2 Å². The third-order valence-electron chi connectivity index (χ3n) is 4.72. The fourth-order valence-electron chi connectivity index (χ4n) is 3.45. The van der Waals surface area contributed by atoms with Gasteiger partial charge in [0.25, 0.3) is 0 Å². The Kier molecular flexibility index (Phi) is 4.70. The van der Waals surface area contributed by atoms with E-state index in [2.05, 4.69) is 33.9 Å². The van der Waals surface area contributed by atoms with E-state index in [9.17, 15) is 0 Å². The maximum absolute atomic E-state index is 4.76. The fraction of sp³-hybridized carbons (Fsp3) is 0.750. The monoisotopic (exact) mass is 289 g/mol. The molecule has 1 unspecified atom stereocenters. The number of rotatable bonds is 4. The van der Waals surface area contributed by atoms with Crippen LogP contribution in [-0.4, -0.2) is 53.6 Å². The van der Waals surface area contributed by atoms with E-state index < -0.39 is 0 Å². The molecule has 3 heterocycles. The molecule has 1 aromatic rings. The van der Waals surface area contributed by atoms with E-state index in [1.807, 2.05) is 6.20 Å². The van der Waals surface area contributed by atoms with E-state index in [0.717, 1.165) is 37.8 Å². The van der Waals surface area contributed by atoms with Crippen molar-refractivity contribution in [2.24, 2.45) is 0 Å². The zero-order valence-corrected chi connectivity index (χ0v) is 13.3. The molecular weight excluding hydrogens is 262 g/mol. The van der Waals surface area contributed by atoms with Crippen LogP contribution < -0.4 is 10.2 Å². The molecule has 2 fully saturated rings. The number of aryl methyl sites for hydroxylation is 1. The van der Waals surface area contributed by atoms with Crippen LogP contribution in [0.15, 0.2) is 6.20 Å². The summed E-state index contributed by atoms with van der Waals surface area (Å²) in [5.41, 5.74) is 2.31. The van der Waals surface area contributed by atoms with Crippen molar-refractivity contribution in [1.82, 2.24) is 20.2 Å². The third-order valence-corrected chi connectivity index (χ3v) is 4.72. The highest BCUT2D eigenvalue weighted by atomic mass is 15.3. The van der Waals surface area contributed by atoms with Crippen LogP contribution >= 0.6 is 0 Å². The zero-order chi connectivity index (χ0) is 14.7. The smallest absolute Gasteiger partial charge is 0.225 e. The van der Waals surface area contributed by atoms with Crippen molar-refractivity contribution in [2.75, 3.05) is 37.6 Å². The molecule has 116 valence electrons. The normalized spacial score (nSPS) is 23.1. The zero-order valence-electron chi connectivity index (χ0n) is 13.3. The summed E-state index contributed by atoms with van der Waals surface area (Å²) >= 11 is 0.